The first-order valence-corrected chi connectivity index (χ1v) is 10.5. The second-order valence-corrected chi connectivity index (χ2v) is 7.39. The molecular formula is C27H22O6. The lowest BCUT2D eigenvalue weighted by atomic mass is 10.0. The molecule has 33 heavy (non-hydrogen) atoms. The summed E-state index contributed by atoms with van der Waals surface area (Å²) in [7, 11) is 0. The van der Waals surface area contributed by atoms with Gasteiger partial charge in [-0.15, -0.1) is 0 Å². The van der Waals surface area contributed by atoms with Crippen LogP contribution in [0.2, 0.25) is 0 Å². The highest BCUT2D eigenvalue weighted by Crippen LogP contribution is 2.27. The van der Waals surface area contributed by atoms with Crippen LogP contribution in [0.1, 0.15) is 33.2 Å². The molecule has 0 fully saturated rings. The molecule has 0 aliphatic heterocycles. The lowest BCUT2D eigenvalue weighted by Crippen LogP contribution is -2.15. The number of fused-ring (bicyclic) bond motifs is 1. The smallest absolute Gasteiger partial charge is 0.342 e. The zero-order valence-electron chi connectivity index (χ0n) is 18.3. The van der Waals surface area contributed by atoms with Crippen molar-refractivity contribution in [3.05, 3.63) is 99.7 Å². The number of benzene rings is 3. The van der Waals surface area contributed by atoms with E-state index in [9.17, 15) is 14.4 Å². The Kier molecular flexibility index (Phi) is 6.36. The van der Waals surface area contributed by atoms with E-state index in [0.717, 1.165) is 5.56 Å². The van der Waals surface area contributed by atoms with E-state index in [-0.39, 0.29) is 27.7 Å². The second kappa shape index (κ2) is 9.53. The Balaban J connectivity index is 1.61. The highest BCUT2D eigenvalue weighted by molar-refractivity contribution is 6.04. The number of carbonyl (C=O) groups is 2. The quantitative estimate of drug-likeness (QED) is 0.289. The van der Waals surface area contributed by atoms with Crippen LogP contribution in [0.25, 0.3) is 22.3 Å². The molecule has 4 aromatic rings. The molecule has 0 atom stereocenters. The number of para-hydroxylation sites is 1. The SMILES string of the molecule is CCOc1ccc(C(=O)COC(=O)c2cccc3c(=O)c(C)c(-c4ccccc4)oc23)cc1. The van der Waals surface area contributed by atoms with Gasteiger partial charge in [-0.1, -0.05) is 36.4 Å². The standard InChI is InChI=1S/C27H22O6/c1-3-31-20-14-12-18(13-15-20)23(28)16-32-27(30)22-11-7-10-21-24(29)17(2)25(33-26(21)22)19-8-5-4-6-9-19/h4-15H,3,16H2,1-2H3. The number of ketones is 1. The highest BCUT2D eigenvalue weighted by atomic mass is 16.5. The molecule has 0 aliphatic carbocycles. The van der Waals surface area contributed by atoms with Crippen LogP contribution in [-0.2, 0) is 4.74 Å². The molecular weight excluding hydrogens is 420 g/mol. The summed E-state index contributed by atoms with van der Waals surface area (Å²) in [5.41, 5.74) is 1.56. The van der Waals surface area contributed by atoms with Crippen molar-refractivity contribution in [2.75, 3.05) is 13.2 Å². The predicted molar refractivity (Wildman–Crippen MR) is 125 cm³/mol. The Morgan fingerprint density at radius 1 is 0.909 bits per heavy atom. The average molecular weight is 442 g/mol. The van der Waals surface area contributed by atoms with Crippen LogP contribution in [0.4, 0.5) is 0 Å². The topological polar surface area (TPSA) is 82.8 Å². The van der Waals surface area contributed by atoms with Crippen molar-refractivity contribution >= 4 is 22.7 Å². The molecule has 4 rings (SSSR count). The molecule has 1 heterocycles. The van der Waals surface area contributed by atoms with Crippen molar-refractivity contribution in [2.24, 2.45) is 0 Å². The van der Waals surface area contributed by atoms with E-state index in [1.807, 2.05) is 37.3 Å². The molecule has 0 unspecified atom stereocenters. The highest BCUT2D eigenvalue weighted by Gasteiger charge is 2.20. The van der Waals surface area contributed by atoms with Crippen molar-refractivity contribution in [2.45, 2.75) is 13.8 Å². The first-order valence-electron chi connectivity index (χ1n) is 10.5. The summed E-state index contributed by atoms with van der Waals surface area (Å²) < 4.78 is 16.7. The third-order valence-electron chi connectivity index (χ3n) is 5.22. The number of hydrogen-bond acceptors (Lipinski definition) is 6. The van der Waals surface area contributed by atoms with Gasteiger partial charge in [-0.05, 0) is 50.2 Å². The zero-order valence-corrected chi connectivity index (χ0v) is 18.3. The first kappa shape index (κ1) is 22.0. The van der Waals surface area contributed by atoms with Crippen LogP contribution in [0, 0.1) is 6.92 Å². The Bertz CT molecular complexity index is 1370. The van der Waals surface area contributed by atoms with Crippen LogP contribution >= 0.6 is 0 Å². The minimum atomic E-state index is -0.745. The average Bonchev–Trinajstić information content (AvgIpc) is 2.85. The van der Waals surface area contributed by atoms with E-state index in [4.69, 9.17) is 13.9 Å². The maximum absolute atomic E-state index is 12.9. The molecule has 0 saturated heterocycles. The van der Waals surface area contributed by atoms with E-state index in [0.29, 0.717) is 29.2 Å². The molecule has 166 valence electrons. The Morgan fingerprint density at radius 2 is 1.64 bits per heavy atom. The van der Waals surface area contributed by atoms with Gasteiger partial charge < -0.3 is 13.9 Å². The van der Waals surface area contributed by atoms with Gasteiger partial charge in [-0.25, -0.2) is 4.79 Å². The Labute approximate surface area is 190 Å². The third-order valence-corrected chi connectivity index (χ3v) is 5.22. The second-order valence-electron chi connectivity index (χ2n) is 7.39. The largest absolute Gasteiger partial charge is 0.494 e. The molecule has 0 radical (unpaired) electrons. The molecule has 0 bridgehead atoms. The normalized spacial score (nSPS) is 10.7. The van der Waals surface area contributed by atoms with E-state index in [2.05, 4.69) is 0 Å². The van der Waals surface area contributed by atoms with Crippen LogP contribution in [0.5, 0.6) is 5.75 Å². The van der Waals surface area contributed by atoms with Gasteiger partial charge in [0, 0.05) is 16.7 Å². The Morgan fingerprint density at radius 3 is 2.33 bits per heavy atom. The van der Waals surface area contributed by atoms with Crippen LogP contribution in [0.3, 0.4) is 0 Å². The molecule has 1 aromatic heterocycles. The number of esters is 1. The maximum atomic E-state index is 12.9. The molecule has 0 N–H and O–H groups in total. The number of ether oxygens (including phenoxy) is 2. The summed E-state index contributed by atoms with van der Waals surface area (Å²) in [6, 6.07) is 20.5. The zero-order chi connectivity index (χ0) is 23.4. The van der Waals surface area contributed by atoms with Gasteiger partial charge in [0.25, 0.3) is 0 Å². The van der Waals surface area contributed by atoms with E-state index in [1.165, 1.54) is 6.07 Å². The maximum Gasteiger partial charge on any atom is 0.342 e. The van der Waals surface area contributed by atoms with Crippen LogP contribution in [0.15, 0.2) is 82.0 Å². The minimum Gasteiger partial charge on any atom is -0.494 e. The van der Waals surface area contributed by atoms with E-state index < -0.39 is 12.6 Å². The number of hydrogen-bond donors (Lipinski definition) is 0. The summed E-state index contributed by atoms with van der Waals surface area (Å²) in [4.78, 5) is 38.2. The van der Waals surface area contributed by atoms with Gasteiger partial charge in [0.05, 0.1) is 12.0 Å². The monoisotopic (exact) mass is 442 g/mol. The molecule has 0 saturated carbocycles. The molecule has 0 aliphatic rings. The van der Waals surface area contributed by atoms with Crippen molar-refractivity contribution in [3.8, 4) is 17.1 Å². The van der Waals surface area contributed by atoms with Gasteiger partial charge >= 0.3 is 5.97 Å². The van der Waals surface area contributed by atoms with Crippen LogP contribution < -0.4 is 10.2 Å². The van der Waals surface area contributed by atoms with Gasteiger partial charge in [0.2, 0.25) is 0 Å². The summed E-state index contributed by atoms with van der Waals surface area (Å²) in [5.74, 6) is -0.0556. The predicted octanol–water partition coefficient (Wildman–Crippen LogP) is 5.21. The molecule has 0 amide bonds. The van der Waals surface area contributed by atoms with Crippen molar-refractivity contribution in [1.29, 1.82) is 0 Å². The summed E-state index contributed by atoms with van der Waals surface area (Å²) >= 11 is 0. The molecule has 6 nitrogen and oxygen atoms in total. The lowest BCUT2D eigenvalue weighted by Gasteiger charge is -2.10. The number of rotatable bonds is 7. The molecule has 0 spiro atoms. The fourth-order valence-electron chi connectivity index (χ4n) is 3.53. The number of carbonyl (C=O) groups excluding carboxylic acids is 2. The van der Waals surface area contributed by atoms with Gasteiger partial charge in [-0.2, -0.15) is 0 Å². The van der Waals surface area contributed by atoms with Gasteiger partial charge in [-0.3, -0.25) is 9.59 Å². The molecule has 6 heteroatoms. The van der Waals surface area contributed by atoms with Gasteiger partial charge in [0.15, 0.2) is 23.4 Å². The number of Topliss-reactive ketones (excluding diaryl/α,β-unsaturated/α-hetero) is 1. The Hall–Kier alpha value is -4.19. The minimum absolute atomic E-state index is 0.0845. The van der Waals surface area contributed by atoms with Crippen LogP contribution in [-0.4, -0.2) is 25.0 Å². The summed E-state index contributed by atoms with van der Waals surface area (Å²) in [6.45, 7) is 3.65. The fraction of sp³-hybridized carbons (Fsp3) is 0.148. The third kappa shape index (κ3) is 4.55. The first-order chi connectivity index (χ1) is 16.0. The van der Waals surface area contributed by atoms with Gasteiger partial charge in [0.1, 0.15) is 17.1 Å². The van der Waals surface area contributed by atoms with E-state index >= 15 is 0 Å². The van der Waals surface area contributed by atoms with Crippen molar-refractivity contribution in [3.63, 3.8) is 0 Å². The molecule has 3 aromatic carbocycles. The summed E-state index contributed by atoms with van der Waals surface area (Å²) in [5, 5.41) is 0.277. The van der Waals surface area contributed by atoms with E-state index in [1.54, 1.807) is 43.3 Å². The fourth-order valence-corrected chi connectivity index (χ4v) is 3.53. The summed E-state index contributed by atoms with van der Waals surface area (Å²) in [6.07, 6.45) is 0. The lowest BCUT2D eigenvalue weighted by molar-refractivity contribution is 0.0475. The van der Waals surface area contributed by atoms with Crippen molar-refractivity contribution < 1.29 is 23.5 Å². The van der Waals surface area contributed by atoms with Crippen molar-refractivity contribution in [1.82, 2.24) is 0 Å².